The van der Waals surface area contributed by atoms with Crippen LogP contribution in [0.25, 0.3) is 0 Å². The number of likely N-dealkylation sites (tertiary alicyclic amines) is 1. The molecule has 1 aromatic rings. The highest BCUT2D eigenvalue weighted by Crippen LogP contribution is 2.56. The quantitative estimate of drug-likeness (QED) is 0.749. The van der Waals surface area contributed by atoms with Gasteiger partial charge < -0.3 is 0 Å². The predicted octanol–water partition coefficient (Wildman–Crippen LogP) is 4.69. The van der Waals surface area contributed by atoms with E-state index in [-0.39, 0.29) is 17.0 Å². The highest BCUT2D eigenvalue weighted by molar-refractivity contribution is 8.00. The Kier molecular flexibility index (Phi) is 3.73. The zero-order valence-corrected chi connectivity index (χ0v) is 15.3. The lowest BCUT2D eigenvalue weighted by atomic mass is 9.83. The van der Waals surface area contributed by atoms with E-state index in [0.29, 0.717) is 17.1 Å². The number of nitrogens with zero attached hydrogens (tertiary/aromatic N) is 1. The molecule has 0 bridgehead atoms. The number of benzene rings is 1. The van der Waals surface area contributed by atoms with Crippen molar-refractivity contribution in [2.24, 2.45) is 5.41 Å². The second-order valence-corrected chi connectivity index (χ2v) is 9.76. The molecular weight excluding hydrogens is 290 g/mol. The first-order chi connectivity index (χ1) is 10.1. The van der Waals surface area contributed by atoms with E-state index < -0.39 is 0 Å². The topological polar surface area (TPSA) is 20.3 Å². The number of ketones is 1. The third-order valence-corrected chi connectivity index (χ3v) is 6.24. The number of hydrogen-bond donors (Lipinski definition) is 0. The highest BCUT2D eigenvalue weighted by atomic mass is 32.2. The molecule has 3 rings (SSSR count). The molecule has 0 aromatic heterocycles. The summed E-state index contributed by atoms with van der Waals surface area (Å²) in [6.07, 6.45) is 0.960. The summed E-state index contributed by atoms with van der Waals surface area (Å²) in [7, 11) is 0. The Balaban J connectivity index is 2.00. The molecule has 1 aromatic carbocycles. The van der Waals surface area contributed by atoms with Gasteiger partial charge in [-0.2, -0.15) is 0 Å². The van der Waals surface area contributed by atoms with Crippen molar-refractivity contribution in [3.63, 3.8) is 0 Å². The normalized spacial score (nSPS) is 28.5. The lowest BCUT2D eigenvalue weighted by Gasteiger charge is -2.41. The monoisotopic (exact) mass is 317 g/mol. The molecule has 3 atom stereocenters. The molecule has 3 unspecified atom stereocenters. The van der Waals surface area contributed by atoms with Gasteiger partial charge in [0.15, 0.2) is 5.78 Å². The summed E-state index contributed by atoms with van der Waals surface area (Å²) >= 11 is 1.95. The first-order valence-electron chi connectivity index (χ1n) is 8.19. The van der Waals surface area contributed by atoms with E-state index in [1.54, 1.807) is 0 Å². The van der Waals surface area contributed by atoms with Gasteiger partial charge >= 0.3 is 0 Å². The van der Waals surface area contributed by atoms with Crippen molar-refractivity contribution in [2.45, 2.75) is 75.7 Å². The van der Waals surface area contributed by atoms with Gasteiger partial charge in [-0.15, -0.1) is 11.8 Å². The molecule has 1 saturated heterocycles. The van der Waals surface area contributed by atoms with Gasteiger partial charge in [-0.05, 0) is 38.8 Å². The minimum absolute atomic E-state index is 0.0000359. The fraction of sp³-hybridized carbons (Fsp3) is 0.632. The maximum absolute atomic E-state index is 13.0. The summed E-state index contributed by atoms with van der Waals surface area (Å²) in [6, 6.07) is 8.75. The Bertz CT molecular complexity index is 596. The molecule has 0 spiro atoms. The maximum atomic E-state index is 13.0. The molecule has 1 fully saturated rings. The SMILES string of the molecule is CC(C)(C)C(=O)C1CC2c3ccccc3SC2N1C(C)(C)C. The van der Waals surface area contributed by atoms with Crippen LogP contribution in [0.5, 0.6) is 0 Å². The second kappa shape index (κ2) is 5.10. The van der Waals surface area contributed by atoms with E-state index in [4.69, 9.17) is 0 Å². The van der Waals surface area contributed by atoms with Gasteiger partial charge in [0.25, 0.3) is 0 Å². The van der Waals surface area contributed by atoms with Crippen molar-refractivity contribution in [3.8, 4) is 0 Å². The van der Waals surface area contributed by atoms with Gasteiger partial charge in [-0.3, -0.25) is 9.69 Å². The molecule has 2 aliphatic rings. The summed E-state index contributed by atoms with van der Waals surface area (Å²) < 4.78 is 0. The Labute approximate surface area is 138 Å². The Morgan fingerprint density at radius 1 is 1.14 bits per heavy atom. The summed E-state index contributed by atoms with van der Waals surface area (Å²) in [5.41, 5.74) is 1.16. The first-order valence-corrected chi connectivity index (χ1v) is 9.07. The van der Waals surface area contributed by atoms with Gasteiger partial charge in [-0.25, -0.2) is 0 Å². The summed E-state index contributed by atoms with van der Waals surface area (Å²) in [4.78, 5) is 16.9. The van der Waals surface area contributed by atoms with Gasteiger partial charge in [0.2, 0.25) is 0 Å². The van der Waals surface area contributed by atoms with Crippen LogP contribution in [0, 0.1) is 5.41 Å². The molecule has 0 saturated carbocycles. The van der Waals surface area contributed by atoms with Crippen LogP contribution in [0.3, 0.4) is 0 Å². The number of carbonyl (C=O) groups is 1. The number of Topliss-reactive ketones (excluding diaryl/α,β-unsaturated/α-hetero) is 1. The molecule has 2 nitrogen and oxygen atoms in total. The van der Waals surface area contributed by atoms with E-state index in [9.17, 15) is 4.79 Å². The van der Waals surface area contributed by atoms with Crippen LogP contribution in [0.2, 0.25) is 0 Å². The third-order valence-electron chi connectivity index (χ3n) is 4.81. The second-order valence-electron chi connectivity index (χ2n) is 8.60. The number of carbonyl (C=O) groups excluding carboxylic acids is 1. The van der Waals surface area contributed by atoms with Gasteiger partial charge in [0, 0.05) is 21.8 Å². The fourth-order valence-electron chi connectivity index (χ4n) is 3.87. The predicted molar refractivity (Wildman–Crippen MR) is 93.3 cm³/mol. The lowest BCUT2D eigenvalue weighted by Crippen LogP contribution is -2.53. The minimum Gasteiger partial charge on any atom is -0.297 e. The van der Waals surface area contributed by atoms with Crippen LogP contribution in [0.15, 0.2) is 29.2 Å². The average molecular weight is 317 g/mol. The van der Waals surface area contributed by atoms with Crippen molar-refractivity contribution in [1.29, 1.82) is 0 Å². The van der Waals surface area contributed by atoms with E-state index in [0.717, 1.165) is 6.42 Å². The first kappa shape index (κ1) is 16.1. The maximum Gasteiger partial charge on any atom is 0.155 e. The standard InChI is InChI=1S/C19H27NOS/c1-18(2,3)16(21)14-11-13-12-9-7-8-10-15(12)22-17(13)20(14)19(4,5)6/h7-10,13-14,17H,11H2,1-6H3. The Hall–Kier alpha value is -0.800. The lowest BCUT2D eigenvalue weighted by molar-refractivity contribution is -0.132. The van der Waals surface area contributed by atoms with Crippen molar-refractivity contribution >= 4 is 17.5 Å². The zero-order valence-electron chi connectivity index (χ0n) is 14.5. The number of hydrogen-bond acceptors (Lipinski definition) is 3. The molecule has 3 heteroatoms. The fourth-order valence-corrected chi connectivity index (χ4v) is 5.64. The minimum atomic E-state index is -0.281. The molecule has 0 amide bonds. The molecule has 0 aliphatic carbocycles. The van der Waals surface area contributed by atoms with Crippen molar-refractivity contribution < 1.29 is 4.79 Å². The number of rotatable bonds is 1. The van der Waals surface area contributed by atoms with Crippen LogP contribution < -0.4 is 0 Å². The highest BCUT2D eigenvalue weighted by Gasteiger charge is 2.53. The van der Waals surface area contributed by atoms with Gasteiger partial charge in [0.1, 0.15) is 0 Å². The molecular formula is C19H27NOS. The molecule has 120 valence electrons. The third kappa shape index (κ3) is 2.52. The smallest absolute Gasteiger partial charge is 0.155 e. The van der Waals surface area contributed by atoms with Crippen LogP contribution in [0.4, 0.5) is 0 Å². The van der Waals surface area contributed by atoms with Gasteiger partial charge in [0.05, 0.1) is 11.4 Å². The van der Waals surface area contributed by atoms with Crippen LogP contribution >= 0.6 is 11.8 Å². The van der Waals surface area contributed by atoms with E-state index in [1.807, 2.05) is 32.5 Å². The molecule has 0 N–H and O–H groups in total. The zero-order chi connectivity index (χ0) is 16.3. The van der Waals surface area contributed by atoms with Crippen molar-refractivity contribution in [1.82, 2.24) is 4.90 Å². The summed E-state index contributed by atoms with van der Waals surface area (Å²) in [6.45, 7) is 12.9. The molecule has 22 heavy (non-hydrogen) atoms. The van der Waals surface area contributed by atoms with Gasteiger partial charge in [-0.1, -0.05) is 39.0 Å². The van der Waals surface area contributed by atoms with Crippen molar-refractivity contribution in [2.75, 3.05) is 0 Å². The number of fused-ring (bicyclic) bond motifs is 3. The van der Waals surface area contributed by atoms with E-state index >= 15 is 0 Å². The average Bonchev–Trinajstić information content (AvgIpc) is 2.90. The van der Waals surface area contributed by atoms with E-state index in [2.05, 4.69) is 49.9 Å². The van der Waals surface area contributed by atoms with Crippen LogP contribution in [-0.2, 0) is 4.79 Å². The molecule has 2 aliphatic heterocycles. The largest absolute Gasteiger partial charge is 0.297 e. The molecule has 2 heterocycles. The van der Waals surface area contributed by atoms with Crippen LogP contribution in [0.1, 0.15) is 59.4 Å². The molecule has 0 radical (unpaired) electrons. The Morgan fingerprint density at radius 3 is 2.36 bits per heavy atom. The summed E-state index contributed by atoms with van der Waals surface area (Å²) in [5.74, 6) is 0.867. The van der Waals surface area contributed by atoms with Crippen molar-refractivity contribution in [3.05, 3.63) is 29.8 Å². The van der Waals surface area contributed by atoms with Crippen LogP contribution in [-0.4, -0.2) is 27.6 Å². The summed E-state index contributed by atoms with van der Waals surface area (Å²) in [5, 5.41) is 0.397. The Morgan fingerprint density at radius 2 is 1.77 bits per heavy atom. The number of thioether (sulfide) groups is 1. The van der Waals surface area contributed by atoms with E-state index in [1.165, 1.54) is 10.5 Å².